The first-order valence-corrected chi connectivity index (χ1v) is 7.99. The first kappa shape index (κ1) is 14.4. The van der Waals surface area contributed by atoms with Crippen molar-refractivity contribution in [2.24, 2.45) is 0 Å². The van der Waals surface area contributed by atoms with Crippen molar-refractivity contribution in [3.63, 3.8) is 0 Å². The van der Waals surface area contributed by atoms with Crippen molar-refractivity contribution in [2.75, 3.05) is 4.72 Å². The zero-order valence-electron chi connectivity index (χ0n) is 9.35. The Morgan fingerprint density at radius 2 is 2.00 bits per heavy atom. The molecule has 2 N–H and O–H groups in total. The number of anilines is 1. The van der Waals surface area contributed by atoms with Crippen molar-refractivity contribution in [3.05, 3.63) is 55.5 Å². The topological polar surface area (TPSA) is 79.0 Å². The lowest BCUT2D eigenvalue weighted by atomic mass is 10.3. The quantitative estimate of drug-likeness (QED) is 0.763. The van der Waals surface area contributed by atoms with Crippen LogP contribution in [0.4, 0.5) is 5.69 Å². The smallest absolute Gasteiger partial charge is 0.267 e. The molecule has 1 aromatic heterocycles. The molecule has 0 spiro atoms. The second-order valence-corrected chi connectivity index (χ2v) is 6.85. The lowest BCUT2D eigenvalue weighted by Gasteiger charge is -2.09. The van der Waals surface area contributed by atoms with E-state index < -0.39 is 15.5 Å². The summed E-state index contributed by atoms with van der Waals surface area (Å²) in [5.41, 5.74) is -0.205. The maximum atomic E-state index is 12.1. The predicted octanol–water partition coefficient (Wildman–Crippen LogP) is 2.43. The van der Waals surface area contributed by atoms with E-state index in [1.807, 2.05) is 22.6 Å². The Kier molecular flexibility index (Phi) is 4.16. The normalized spacial score (nSPS) is 11.3. The van der Waals surface area contributed by atoms with E-state index in [1.54, 1.807) is 18.2 Å². The highest BCUT2D eigenvalue weighted by Crippen LogP contribution is 2.24. The highest BCUT2D eigenvalue weighted by atomic mass is 127. The number of hydrogen-bond donors (Lipinski definition) is 2. The van der Waals surface area contributed by atoms with E-state index in [1.165, 1.54) is 6.20 Å². The summed E-state index contributed by atoms with van der Waals surface area (Å²) in [5, 5.41) is 0.505. The Morgan fingerprint density at radius 1 is 1.26 bits per heavy atom. The first-order valence-electron chi connectivity index (χ1n) is 5.05. The standard InChI is InChI=1S/C11H8ClIN2O3S/c12-7-1-2-9(8(13)5-7)15-19(17,18)11-6-14-4-3-10(11)16/h1-6,15H,(H,14,16). The summed E-state index contributed by atoms with van der Waals surface area (Å²) in [6, 6.07) is 5.88. The van der Waals surface area contributed by atoms with E-state index in [-0.39, 0.29) is 4.90 Å². The summed E-state index contributed by atoms with van der Waals surface area (Å²) in [6.07, 6.45) is 2.51. The molecule has 0 fully saturated rings. The number of H-pyrrole nitrogens is 1. The lowest BCUT2D eigenvalue weighted by molar-refractivity contribution is 0.600. The van der Waals surface area contributed by atoms with Crippen LogP contribution in [0.5, 0.6) is 0 Å². The molecule has 5 nitrogen and oxygen atoms in total. The van der Waals surface area contributed by atoms with Crippen LogP contribution in [0.1, 0.15) is 0 Å². The molecule has 8 heteroatoms. The minimum Gasteiger partial charge on any atom is -0.366 e. The summed E-state index contributed by atoms with van der Waals surface area (Å²) in [5.74, 6) is 0. The van der Waals surface area contributed by atoms with Gasteiger partial charge in [-0.05, 0) is 40.8 Å². The molecule has 0 aliphatic carbocycles. The third kappa shape index (κ3) is 3.28. The monoisotopic (exact) mass is 410 g/mol. The molecule has 2 aromatic rings. The summed E-state index contributed by atoms with van der Waals surface area (Å²) < 4.78 is 27.2. The van der Waals surface area contributed by atoms with Gasteiger partial charge in [-0.3, -0.25) is 9.52 Å². The average molecular weight is 411 g/mol. The minimum absolute atomic E-state index is 0.333. The van der Waals surface area contributed by atoms with Crippen molar-refractivity contribution in [1.82, 2.24) is 4.98 Å². The van der Waals surface area contributed by atoms with Crippen LogP contribution in [0.15, 0.2) is 46.3 Å². The summed E-state index contributed by atoms with van der Waals surface area (Å²) in [4.78, 5) is 13.8. The fourth-order valence-electron chi connectivity index (χ4n) is 1.38. The van der Waals surface area contributed by atoms with E-state index in [2.05, 4.69) is 9.71 Å². The van der Waals surface area contributed by atoms with Gasteiger partial charge in [-0.15, -0.1) is 0 Å². The molecule has 19 heavy (non-hydrogen) atoms. The first-order chi connectivity index (χ1) is 8.90. The largest absolute Gasteiger partial charge is 0.366 e. The van der Waals surface area contributed by atoms with E-state index in [9.17, 15) is 13.2 Å². The number of pyridine rings is 1. The molecule has 0 saturated heterocycles. The average Bonchev–Trinajstić information content (AvgIpc) is 2.33. The Balaban J connectivity index is 2.43. The molecule has 1 heterocycles. The van der Waals surface area contributed by atoms with Gasteiger partial charge < -0.3 is 4.98 Å². The zero-order valence-corrected chi connectivity index (χ0v) is 13.1. The van der Waals surface area contributed by atoms with E-state index in [0.717, 1.165) is 12.3 Å². The van der Waals surface area contributed by atoms with Gasteiger partial charge in [0.1, 0.15) is 0 Å². The van der Waals surface area contributed by atoms with E-state index >= 15 is 0 Å². The van der Waals surface area contributed by atoms with Gasteiger partial charge in [0.15, 0.2) is 4.90 Å². The Morgan fingerprint density at radius 3 is 2.63 bits per heavy atom. The molecule has 0 bridgehead atoms. The summed E-state index contributed by atoms with van der Waals surface area (Å²) in [6.45, 7) is 0. The molecule has 100 valence electrons. The van der Waals surface area contributed by atoms with Crippen LogP contribution in [-0.4, -0.2) is 13.4 Å². The fraction of sp³-hybridized carbons (Fsp3) is 0. The minimum atomic E-state index is -3.92. The van der Waals surface area contributed by atoms with Crippen LogP contribution in [0, 0.1) is 3.57 Å². The third-order valence-electron chi connectivity index (χ3n) is 2.25. The van der Waals surface area contributed by atoms with Crippen LogP contribution < -0.4 is 10.2 Å². The molecule has 1 aromatic carbocycles. The highest BCUT2D eigenvalue weighted by molar-refractivity contribution is 14.1. The second kappa shape index (κ2) is 5.51. The SMILES string of the molecule is O=c1cc[nH]cc1S(=O)(=O)Nc1ccc(Cl)cc1I. The molecular formula is C11H8ClIN2O3S. The van der Waals surface area contributed by atoms with Crippen molar-refractivity contribution in [1.29, 1.82) is 0 Å². The van der Waals surface area contributed by atoms with Gasteiger partial charge in [0, 0.05) is 27.1 Å². The van der Waals surface area contributed by atoms with Crippen molar-refractivity contribution < 1.29 is 8.42 Å². The Labute approximate surface area is 128 Å². The number of halogens is 2. The van der Waals surface area contributed by atoms with Gasteiger partial charge in [0.2, 0.25) is 5.43 Å². The van der Waals surface area contributed by atoms with Crippen LogP contribution in [0.2, 0.25) is 5.02 Å². The molecular weight excluding hydrogens is 403 g/mol. The third-order valence-corrected chi connectivity index (χ3v) is 4.77. The maximum Gasteiger partial charge on any atom is 0.267 e. The number of benzene rings is 1. The Bertz CT molecular complexity index is 774. The highest BCUT2D eigenvalue weighted by Gasteiger charge is 2.18. The second-order valence-electron chi connectivity index (χ2n) is 3.60. The zero-order chi connectivity index (χ0) is 14.0. The van der Waals surface area contributed by atoms with Crippen molar-refractivity contribution >= 4 is 49.9 Å². The molecule has 0 aliphatic rings. The fourth-order valence-corrected chi connectivity index (χ4v) is 3.71. The van der Waals surface area contributed by atoms with Crippen LogP contribution in [-0.2, 0) is 10.0 Å². The molecule has 0 atom stereocenters. The van der Waals surface area contributed by atoms with Gasteiger partial charge in [-0.2, -0.15) is 0 Å². The van der Waals surface area contributed by atoms with Crippen LogP contribution in [0.3, 0.4) is 0 Å². The number of aromatic amines is 1. The van der Waals surface area contributed by atoms with E-state index in [0.29, 0.717) is 14.3 Å². The van der Waals surface area contributed by atoms with Gasteiger partial charge in [-0.1, -0.05) is 11.6 Å². The van der Waals surface area contributed by atoms with Crippen LogP contribution >= 0.6 is 34.2 Å². The lowest BCUT2D eigenvalue weighted by Crippen LogP contribution is -2.21. The molecule has 0 aliphatic heterocycles. The van der Waals surface area contributed by atoms with Gasteiger partial charge >= 0.3 is 0 Å². The number of rotatable bonds is 3. The molecule has 0 unspecified atom stereocenters. The van der Waals surface area contributed by atoms with Gasteiger partial charge in [-0.25, -0.2) is 8.42 Å². The number of sulfonamides is 1. The summed E-state index contributed by atoms with van der Waals surface area (Å²) in [7, 11) is -3.92. The van der Waals surface area contributed by atoms with Gasteiger partial charge in [0.05, 0.1) is 5.69 Å². The molecule has 2 rings (SSSR count). The molecule has 0 radical (unpaired) electrons. The number of aromatic nitrogens is 1. The molecule has 0 amide bonds. The van der Waals surface area contributed by atoms with E-state index in [4.69, 9.17) is 11.6 Å². The number of hydrogen-bond acceptors (Lipinski definition) is 3. The number of nitrogens with one attached hydrogen (secondary N) is 2. The Hall–Kier alpha value is -1.06. The summed E-state index contributed by atoms with van der Waals surface area (Å²) >= 11 is 7.75. The predicted molar refractivity (Wildman–Crippen MR) is 82.0 cm³/mol. The molecule has 0 saturated carbocycles. The van der Waals surface area contributed by atoms with Crippen LogP contribution in [0.25, 0.3) is 0 Å². The van der Waals surface area contributed by atoms with Gasteiger partial charge in [0.25, 0.3) is 10.0 Å². The van der Waals surface area contributed by atoms with Crippen molar-refractivity contribution in [2.45, 2.75) is 4.90 Å². The van der Waals surface area contributed by atoms with Crippen molar-refractivity contribution in [3.8, 4) is 0 Å². The maximum absolute atomic E-state index is 12.1.